The number of aliphatic hydroxyl groups is 1. The first kappa shape index (κ1) is 13.2. The molecule has 0 bridgehead atoms. The highest BCUT2D eigenvalue weighted by atomic mass is 19.1. The molecule has 0 aliphatic heterocycles. The van der Waals surface area contributed by atoms with Gasteiger partial charge in [0.15, 0.2) is 0 Å². The molecule has 19 heavy (non-hydrogen) atoms. The Morgan fingerprint density at radius 3 is 2.89 bits per heavy atom. The second-order valence-corrected chi connectivity index (χ2v) is 4.28. The zero-order valence-electron chi connectivity index (χ0n) is 10.3. The van der Waals surface area contributed by atoms with Crippen molar-refractivity contribution >= 4 is 5.91 Å². The third kappa shape index (κ3) is 3.17. The molecular formula is C13H13FN2O3. The average molecular weight is 264 g/mol. The molecule has 2 aromatic rings. The van der Waals surface area contributed by atoms with Crippen LogP contribution in [0.25, 0.3) is 0 Å². The van der Waals surface area contributed by atoms with Crippen LogP contribution in [-0.4, -0.2) is 22.5 Å². The van der Waals surface area contributed by atoms with Crippen LogP contribution in [0.5, 0.6) is 0 Å². The second kappa shape index (κ2) is 5.19. The van der Waals surface area contributed by atoms with Gasteiger partial charge in [-0.1, -0.05) is 6.07 Å². The Morgan fingerprint density at radius 1 is 1.47 bits per heavy atom. The normalized spacial score (nSPS) is 13.8. The number of pyridine rings is 1. The number of rotatable bonds is 4. The lowest BCUT2D eigenvalue weighted by atomic mass is 10.0. The summed E-state index contributed by atoms with van der Waals surface area (Å²) in [6, 6.07) is 7.17. The van der Waals surface area contributed by atoms with Crippen LogP contribution in [-0.2, 0) is 5.60 Å². The quantitative estimate of drug-likeness (QED) is 0.820. The van der Waals surface area contributed by atoms with Crippen LogP contribution in [0.4, 0.5) is 4.39 Å². The zero-order chi connectivity index (χ0) is 13.9. The summed E-state index contributed by atoms with van der Waals surface area (Å²) in [4.78, 5) is 15.2. The van der Waals surface area contributed by atoms with E-state index in [9.17, 15) is 14.3 Å². The number of furan rings is 1. The molecule has 2 rings (SSSR count). The number of hydrogen-bond donors (Lipinski definition) is 2. The molecule has 2 N–H and O–H groups in total. The Morgan fingerprint density at radius 2 is 2.26 bits per heavy atom. The van der Waals surface area contributed by atoms with Crippen LogP contribution in [0.2, 0.25) is 0 Å². The lowest BCUT2D eigenvalue weighted by molar-refractivity contribution is 0.0329. The SMILES string of the molecule is CC(O)(CNC(=O)c1cccc(F)n1)c1ccco1. The molecule has 1 unspecified atom stereocenters. The molecule has 0 saturated heterocycles. The molecule has 0 aliphatic rings. The Balaban J connectivity index is 2.01. The van der Waals surface area contributed by atoms with E-state index >= 15 is 0 Å². The molecule has 0 fully saturated rings. The standard InChI is InChI=1S/C13H13FN2O3/c1-13(18,10-5-3-7-19-10)8-15-12(17)9-4-2-6-11(14)16-9/h2-7,18H,8H2,1H3,(H,15,17). The Labute approximate surface area is 109 Å². The van der Waals surface area contributed by atoms with Gasteiger partial charge in [-0.05, 0) is 31.2 Å². The minimum atomic E-state index is -1.34. The summed E-state index contributed by atoms with van der Waals surface area (Å²) in [5.41, 5.74) is -1.39. The molecule has 100 valence electrons. The van der Waals surface area contributed by atoms with Crippen LogP contribution in [0, 0.1) is 5.95 Å². The molecule has 5 nitrogen and oxygen atoms in total. The monoisotopic (exact) mass is 264 g/mol. The fraction of sp³-hybridized carbons (Fsp3) is 0.231. The van der Waals surface area contributed by atoms with Crippen LogP contribution >= 0.6 is 0 Å². The van der Waals surface area contributed by atoms with E-state index in [-0.39, 0.29) is 12.2 Å². The molecule has 0 spiro atoms. The van der Waals surface area contributed by atoms with Crippen LogP contribution in [0.3, 0.4) is 0 Å². The zero-order valence-corrected chi connectivity index (χ0v) is 10.3. The highest BCUT2D eigenvalue weighted by Gasteiger charge is 2.27. The maximum atomic E-state index is 12.9. The number of nitrogens with zero attached hydrogens (tertiary/aromatic N) is 1. The van der Waals surface area contributed by atoms with Gasteiger partial charge in [0, 0.05) is 0 Å². The number of nitrogens with one attached hydrogen (secondary N) is 1. The molecule has 0 radical (unpaired) electrons. The van der Waals surface area contributed by atoms with E-state index in [1.807, 2.05) is 0 Å². The summed E-state index contributed by atoms with van der Waals surface area (Å²) in [5, 5.41) is 12.6. The molecule has 0 aromatic carbocycles. The summed E-state index contributed by atoms with van der Waals surface area (Å²) >= 11 is 0. The van der Waals surface area contributed by atoms with Gasteiger partial charge in [-0.15, -0.1) is 0 Å². The Hall–Kier alpha value is -2.21. The summed E-state index contributed by atoms with van der Waals surface area (Å²) in [6.45, 7) is 1.43. The van der Waals surface area contributed by atoms with E-state index in [1.165, 1.54) is 25.3 Å². The van der Waals surface area contributed by atoms with E-state index in [4.69, 9.17) is 4.42 Å². The van der Waals surface area contributed by atoms with Crippen molar-refractivity contribution in [3.05, 3.63) is 54.0 Å². The van der Waals surface area contributed by atoms with Crippen molar-refractivity contribution in [2.75, 3.05) is 6.54 Å². The third-order valence-electron chi connectivity index (χ3n) is 2.59. The van der Waals surface area contributed by atoms with Crippen molar-refractivity contribution < 1.29 is 18.7 Å². The molecule has 2 aromatic heterocycles. The van der Waals surface area contributed by atoms with Crippen LogP contribution < -0.4 is 5.32 Å². The summed E-state index contributed by atoms with van der Waals surface area (Å²) in [6.07, 6.45) is 1.43. The molecule has 0 aliphatic carbocycles. The number of carbonyl (C=O) groups excluding carboxylic acids is 1. The molecule has 1 amide bonds. The van der Waals surface area contributed by atoms with Crippen molar-refractivity contribution in [3.63, 3.8) is 0 Å². The molecular weight excluding hydrogens is 251 g/mol. The van der Waals surface area contributed by atoms with Gasteiger partial charge in [0.2, 0.25) is 5.95 Å². The average Bonchev–Trinajstić information content (AvgIpc) is 2.90. The van der Waals surface area contributed by atoms with Gasteiger partial charge >= 0.3 is 0 Å². The van der Waals surface area contributed by atoms with Crippen molar-refractivity contribution in [1.82, 2.24) is 10.3 Å². The van der Waals surface area contributed by atoms with Crippen LogP contribution in [0.1, 0.15) is 23.2 Å². The van der Waals surface area contributed by atoms with Crippen molar-refractivity contribution in [3.8, 4) is 0 Å². The molecule has 6 heteroatoms. The predicted octanol–water partition coefficient (Wildman–Crippen LogP) is 1.45. The van der Waals surface area contributed by atoms with Gasteiger partial charge in [-0.2, -0.15) is 4.39 Å². The van der Waals surface area contributed by atoms with E-state index in [1.54, 1.807) is 12.1 Å². The maximum Gasteiger partial charge on any atom is 0.270 e. The highest BCUT2D eigenvalue weighted by molar-refractivity contribution is 5.92. The lowest BCUT2D eigenvalue weighted by Gasteiger charge is -2.20. The predicted molar refractivity (Wildman–Crippen MR) is 64.8 cm³/mol. The summed E-state index contributed by atoms with van der Waals surface area (Å²) < 4.78 is 17.9. The number of carbonyl (C=O) groups is 1. The minimum absolute atomic E-state index is 0.0461. The number of aromatic nitrogens is 1. The number of halogens is 1. The van der Waals surface area contributed by atoms with Crippen molar-refractivity contribution in [1.29, 1.82) is 0 Å². The Bertz CT molecular complexity index is 567. The first-order valence-electron chi connectivity index (χ1n) is 5.66. The van der Waals surface area contributed by atoms with E-state index < -0.39 is 17.5 Å². The van der Waals surface area contributed by atoms with E-state index in [0.717, 1.165) is 6.07 Å². The second-order valence-electron chi connectivity index (χ2n) is 4.28. The largest absolute Gasteiger partial charge is 0.466 e. The van der Waals surface area contributed by atoms with E-state index in [2.05, 4.69) is 10.3 Å². The lowest BCUT2D eigenvalue weighted by Crippen LogP contribution is -2.38. The summed E-state index contributed by atoms with van der Waals surface area (Å²) in [7, 11) is 0. The van der Waals surface area contributed by atoms with Gasteiger partial charge in [-0.25, -0.2) is 4.98 Å². The first-order valence-corrected chi connectivity index (χ1v) is 5.66. The first-order chi connectivity index (χ1) is 8.99. The third-order valence-corrected chi connectivity index (χ3v) is 2.59. The van der Waals surface area contributed by atoms with Crippen molar-refractivity contribution in [2.24, 2.45) is 0 Å². The van der Waals surface area contributed by atoms with Gasteiger partial charge in [0.25, 0.3) is 5.91 Å². The topological polar surface area (TPSA) is 75.4 Å². The fourth-order valence-electron chi connectivity index (χ4n) is 1.55. The van der Waals surface area contributed by atoms with Crippen LogP contribution in [0.15, 0.2) is 41.0 Å². The number of amides is 1. The van der Waals surface area contributed by atoms with Crippen molar-refractivity contribution in [2.45, 2.75) is 12.5 Å². The molecule has 0 saturated carbocycles. The smallest absolute Gasteiger partial charge is 0.270 e. The highest BCUT2D eigenvalue weighted by Crippen LogP contribution is 2.19. The van der Waals surface area contributed by atoms with E-state index in [0.29, 0.717) is 5.76 Å². The molecule has 1 atom stereocenters. The number of hydrogen-bond acceptors (Lipinski definition) is 4. The van der Waals surface area contributed by atoms with Gasteiger partial charge < -0.3 is 14.8 Å². The fourth-order valence-corrected chi connectivity index (χ4v) is 1.55. The van der Waals surface area contributed by atoms with Gasteiger partial charge in [-0.3, -0.25) is 4.79 Å². The van der Waals surface area contributed by atoms with Gasteiger partial charge in [0.1, 0.15) is 17.1 Å². The molecule has 2 heterocycles. The Kier molecular flexibility index (Phi) is 3.62. The maximum absolute atomic E-state index is 12.9. The van der Waals surface area contributed by atoms with Gasteiger partial charge in [0.05, 0.1) is 12.8 Å². The summed E-state index contributed by atoms with van der Waals surface area (Å²) in [5.74, 6) is -0.961. The minimum Gasteiger partial charge on any atom is -0.466 e.